The summed E-state index contributed by atoms with van der Waals surface area (Å²) in [5.74, 6) is 0.918. The van der Waals surface area contributed by atoms with E-state index in [1.807, 2.05) is 18.2 Å². The summed E-state index contributed by atoms with van der Waals surface area (Å²) in [4.78, 5) is 12.1. The number of hydrogen-bond acceptors (Lipinski definition) is 2. The van der Waals surface area contributed by atoms with Gasteiger partial charge in [0.2, 0.25) is 5.91 Å². The average Bonchev–Trinajstić information content (AvgIpc) is 3.33. The summed E-state index contributed by atoms with van der Waals surface area (Å²) in [6.07, 6.45) is 6.39. The minimum atomic E-state index is 0.134. The van der Waals surface area contributed by atoms with Crippen molar-refractivity contribution in [2.75, 3.05) is 19.6 Å². The van der Waals surface area contributed by atoms with Gasteiger partial charge in [-0.25, -0.2) is 0 Å². The fourth-order valence-electron chi connectivity index (χ4n) is 3.40. The van der Waals surface area contributed by atoms with Gasteiger partial charge in [0, 0.05) is 23.4 Å². The maximum Gasteiger partial charge on any atom is 0.220 e. The Morgan fingerprint density at radius 1 is 1.32 bits per heavy atom. The number of benzene rings is 1. The summed E-state index contributed by atoms with van der Waals surface area (Å²) in [5, 5.41) is 7.29. The molecule has 120 valence electrons. The molecule has 3 rings (SSSR count). The van der Waals surface area contributed by atoms with Crippen molar-refractivity contribution in [3.8, 4) is 0 Å². The Hall–Kier alpha value is -1.06. The van der Waals surface area contributed by atoms with E-state index in [9.17, 15) is 4.79 Å². The minimum Gasteiger partial charge on any atom is -0.355 e. The lowest BCUT2D eigenvalue weighted by molar-refractivity contribution is -0.121. The lowest BCUT2D eigenvalue weighted by Crippen LogP contribution is -2.33. The number of rotatable bonds is 6. The molecule has 22 heavy (non-hydrogen) atoms. The zero-order chi connectivity index (χ0) is 15.4. The second-order valence-electron chi connectivity index (χ2n) is 6.80. The first kappa shape index (κ1) is 15.8. The Bertz CT molecular complexity index is 522. The largest absolute Gasteiger partial charge is 0.355 e. The molecule has 0 aromatic heterocycles. The topological polar surface area (TPSA) is 41.1 Å². The number of piperidine rings is 1. The molecular formula is C18H25ClN2O. The van der Waals surface area contributed by atoms with Gasteiger partial charge >= 0.3 is 0 Å². The summed E-state index contributed by atoms with van der Waals surface area (Å²) < 4.78 is 0. The van der Waals surface area contributed by atoms with Crippen molar-refractivity contribution in [3.05, 3.63) is 34.9 Å². The zero-order valence-corrected chi connectivity index (χ0v) is 13.8. The maximum atomic E-state index is 12.1. The van der Waals surface area contributed by atoms with Crippen LogP contribution in [0.25, 0.3) is 0 Å². The van der Waals surface area contributed by atoms with Crippen LogP contribution in [0.3, 0.4) is 0 Å². The highest BCUT2D eigenvalue weighted by atomic mass is 35.5. The molecule has 2 N–H and O–H groups in total. The van der Waals surface area contributed by atoms with E-state index in [-0.39, 0.29) is 11.3 Å². The molecule has 1 aromatic carbocycles. The number of hydrogen-bond donors (Lipinski definition) is 2. The van der Waals surface area contributed by atoms with Crippen LogP contribution in [0.1, 0.15) is 44.1 Å². The Morgan fingerprint density at radius 3 is 2.77 bits per heavy atom. The van der Waals surface area contributed by atoms with E-state index < -0.39 is 0 Å². The third-order valence-corrected chi connectivity index (χ3v) is 5.39. The van der Waals surface area contributed by atoms with E-state index in [2.05, 4.69) is 16.7 Å². The molecule has 1 saturated heterocycles. The van der Waals surface area contributed by atoms with E-state index in [1.54, 1.807) is 0 Å². The van der Waals surface area contributed by atoms with Crippen molar-refractivity contribution in [2.24, 2.45) is 5.92 Å². The summed E-state index contributed by atoms with van der Waals surface area (Å²) in [5.41, 5.74) is 1.40. The van der Waals surface area contributed by atoms with Crippen LogP contribution in [0.2, 0.25) is 5.02 Å². The van der Waals surface area contributed by atoms with Crippen LogP contribution in [0.4, 0.5) is 0 Å². The standard InChI is InChI=1S/C18H25ClN2O/c19-16-3-1-2-15(12-16)18(8-9-18)13-21-17(22)5-4-14-6-10-20-11-7-14/h1-3,12,14,20H,4-11,13H2,(H,21,22). The van der Waals surface area contributed by atoms with Gasteiger partial charge in [-0.2, -0.15) is 0 Å². The highest BCUT2D eigenvalue weighted by Crippen LogP contribution is 2.48. The molecule has 1 heterocycles. The van der Waals surface area contributed by atoms with Crippen molar-refractivity contribution in [2.45, 2.75) is 43.9 Å². The van der Waals surface area contributed by atoms with Crippen LogP contribution in [0, 0.1) is 5.92 Å². The van der Waals surface area contributed by atoms with E-state index in [0.29, 0.717) is 6.42 Å². The maximum absolute atomic E-state index is 12.1. The molecule has 1 aliphatic heterocycles. The van der Waals surface area contributed by atoms with E-state index in [4.69, 9.17) is 11.6 Å². The van der Waals surface area contributed by atoms with Gasteiger partial charge in [0.15, 0.2) is 0 Å². The second-order valence-corrected chi connectivity index (χ2v) is 7.24. The van der Waals surface area contributed by atoms with Crippen LogP contribution >= 0.6 is 11.6 Å². The Balaban J connectivity index is 1.44. The highest BCUT2D eigenvalue weighted by Gasteiger charge is 2.44. The lowest BCUT2D eigenvalue weighted by Gasteiger charge is -2.22. The van der Waals surface area contributed by atoms with Crippen LogP contribution < -0.4 is 10.6 Å². The molecule has 1 amide bonds. The Labute approximate surface area is 137 Å². The first-order valence-electron chi connectivity index (χ1n) is 8.41. The number of carbonyl (C=O) groups excluding carboxylic acids is 1. The second kappa shape index (κ2) is 7.01. The van der Waals surface area contributed by atoms with Crippen molar-refractivity contribution in [1.82, 2.24) is 10.6 Å². The van der Waals surface area contributed by atoms with Gasteiger partial charge in [-0.3, -0.25) is 4.79 Å². The predicted octanol–water partition coefficient (Wildman–Crippen LogP) is 3.27. The third kappa shape index (κ3) is 4.02. The van der Waals surface area contributed by atoms with Crippen molar-refractivity contribution < 1.29 is 4.79 Å². The van der Waals surface area contributed by atoms with Gasteiger partial charge in [-0.15, -0.1) is 0 Å². The van der Waals surface area contributed by atoms with Gasteiger partial charge < -0.3 is 10.6 Å². The molecule has 2 fully saturated rings. The zero-order valence-electron chi connectivity index (χ0n) is 13.0. The molecule has 2 aliphatic rings. The predicted molar refractivity (Wildman–Crippen MR) is 90.2 cm³/mol. The first-order valence-corrected chi connectivity index (χ1v) is 8.79. The number of carbonyl (C=O) groups is 1. The Kier molecular flexibility index (Phi) is 5.04. The van der Waals surface area contributed by atoms with Gasteiger partial charge in [-0.1, -0.05) is 23.7 Å². The molecule has 0 spiro atoms. The molecule has 1 aromatic rings. The van der Waals surface area contributed by atoms with Crippen LogP contribution in [0.15, 0.2) is 24.3 Å². The number of halogens is 1. The summed E-state index contributed by atoms with van der Waals surface area (Å²) in [6, 6.07) is 8.06. The van der Waals surface area contributed by atoms with Crippen molar-refractivity contribution >= 4 is 17.5 Å². The monoisotopic (exact) mass is 320 g/mol. The highest BCUT2D eigenvalue weighted by molar-refractivity contribution is 6.30. The van der Waals surface area contributed by atoms with Crippen LogP contribution in [-0.4, -0.2) is 25.5 Å². The average molecular weight is 321 g/mol. The van der Waals surface area contributed by atoms with Gasteiger partial charge in [-0.05, 0) is 68.8 Å². The number of amides is 1. The SMILES string of the molecule is O=C(CCC1CCNCC1)NCC1(c2cccc(Cl)c2)CC1. The summed E-state index contributed by atoms with van der Waals surface area (Å²) in [7, 11) is 0. The fraction of sp³-hybridized carbons (Fsp3) is 0.611. The molecule has 0 unspecified atom stereocenters. The summed E-state index contributed by atoms with van der Waals surface area (Å²) >= 11 is 6.08. The van der Waals surface area contributed by atoms with E-state index in [1.165, 1.54) is 18.4 Å². The van der Waals surface area contributed by atoms with Gasteiger partial charge in [0.25, 0.3) is 0 Å². The van der Waals surface area contributed by atoms with Gasteiger partial charge in [0.05, 0.1) is 0 Å². The van der Waals surface area contributed by atoms with E-state index in [0.717, 1.165) is 49.8 Å². The molecular weight excluding hydrogens is 296 g/mol. The Morgan fingerprint density at radius 2 is 2.09 bits per heavy atom. The molecule has 1 saturated carbocycles. The molecule has 1 aliphatic carbocycles. The third-order valence-electron chi connectivity index (χ3n) is 5.15. The smallest absolute Gasteiger partial charge is 0.220 e. The lowest BCUT2D eigenvalue weighted by atomic mass is 9.93. The summed E-state index contributed by atoms with van der Waals surface area (Å²) in [6.45, 7) is 2.95. The fourth-order valence-corrected chi connectivity index (χ4v) is 3.59. The minimum absolute atomic E-state index is 0.134. The van der Waals surface area contributed by atoms with Gasteiger partial charge in [0.1, 0.15) is 0 Å². The number of nitrogens with one attached hydrogen (secondary N) is 2. The normalized spacial score (nSPS) is 20.6. The molecule has 0 bridgehead atoms. The molecule has 0 radical (unpaired) electrons. The van der Waals surface area contributed by atoms with E-state index >= 15 is 0 Å². The molecule has 0 atom stereocenters. The quantitative estimate of drug-likeness (QED) is 0.844. The van der Waals surface area contributed by atoms with Crippen LogP contribution in [-0.2, 0) is 10.2 Å². The van der Waals surface area contributed by atoms with Crippen molar-refractivity contribution in [1.29, 1.82) is 0 Å². The first-order chi connectivity index (χ1) is 10.7. The molecule has 3 nitrogen and oxygen atoms in total. The van der Waals surface area contributed by atoms with Crippen LogP contribution in [0.5, 0.6) is 0 Å². The van der Waals surface area contributed by atoms with Crippen molar-refractivity contribution in [3.63, 3.8) is 0 Å². The molecule has 4 heteroatoms.